The first-order valence-electron chi connectivity index (χ1n) is 14.3. The highest BCUT2D eigenvalue weighted by atomic mass is 16.5. The first-order chi connectivity index (χ1) is 20.0. The van der Waals surface area contributed by atoms with Crippen molar-refractivity contribution < 1.29 is 23.9 Å². The molecule has 5 heterocycles. The summed E-state index contributed by atoms with van der Waals surface area (Å²) in [6.07, 6.45) is 3.47. The second-order valence-corrected chi connectivity index (χ2v) is 11.1. The highest BCUT2D eigenvalue weighted by Crippen LogP contribution is 2.31. The Bertz CT molecular complexity index is 1520. The van der Waals surface area contributed by atoms with Crippen LogP contribution < -0.4 is 15.0 Å². The minimum absolute atomic E-state index is 0.0521. The lowest BCUT2D eigenvalue weighted by Crippen LogP contribution is -2.52. The Hall–Kier alpha value is -4.09. The summed E-state index contributed by atoms with van der Waals surface area (Å²) >= 11 is 0. The Balaban J connectivity index is 0.960. The Morgan fingerprint density at radius 1 is 1.02 bits per heavy atom. The van der Waals surface area contributed by atoms with E-state index in [1.807, 2.05) is 18.3 Å². The van der Waals surface area contributed by atoms with E-state index in [4.69, 9.17) is 14.5 Å². The summed E-state index contributed by atoms with van der Waals surface area (Å²) < 4.78 is 11.8. The summed E-state index contributed by atoms with van der Waals surface area (Å²) in [6.45, 7) is 5.93. The van der Waals surface area contributed by atoms with Crippen molar-refractivity contribution >= 4 is 34.6 Å². The fraction of sp³-hybridized carbons (Fsp3) is 0.433. The van der Waals surface area contributed by atoms with Crippen LogP contribution in [0.3, 0.4) is 0 Å². The molecule has 0 unspecified atom stereocenters. The van der Waals surface area contributed by atoms with Gasteiger partial charge in [-0.1, -0.05) is 6.07 Å². The molecule has 3 aromatic rings. The molecular weight excluding hydrogens is 524 g/mol. The van der Waals surface area contributed by atoms with Gasteiger partial charge in [0.2, 0.25) is 17.8 Å². The van der Waals surface area contributed by atoms with E-state index >= 15 is 0 Å². The van der Waals surface area contributed by atoms with Gasteiger partial charge < -0.3 is 19.3 Å². The van der Waals surface area contributed by atoms with Crippen molar-refractivity contribution in [2.45, 2.75) is 44.5 Å². The highest BCUT2D eigenvalue weighted by molar-refractivity contribution is 6.05. The summed E-state index contributed by atoms with van der Waals surface area (Å²) in [6, 6.07) is 11.3. The summed E-state index contributed by atoms with van der Waals surface area (Å²) in [4.78, 5) is 52.3. The number of anilines is 1. The molecule has 3 saturated heterocycles. The molecule has 11 heteroatoms. The topological polar surface area (TPSA) is 117 Å². The molecule has 7 rings (SSSR count). The van der Waals surface area contributed by atoms with Crippen molar-refractivity contribution in [3.8, 4) is 5.75 Å². The SMILES string of the molecule is O=C1CC[C@H](N2Cc3cc(O[C@H]4CCN(Cc5ccc6nc(N7CCOCC7)ncc6c5)C4)ccc3C2=O)C(=O)N1. The molecule has 0 aliphatic carbocycles. The Kier molecular flexibility index (Phi) is 6.76. The van der Waals surface area contributed by atoms with Gasteiger partial charge in [0, 0.05) is 62.8 Å². The lowest BCUT2D eigenvalue weighted by molar-refractivity contribution is -0.136. The molecule has 0 bridgehead atoms. The van der Waals surface area contributed by atoms with Crippen LogP contribution in [-0.4, -0.2) is 89.0 Å². The average molecular weight is 557 g/mol. The van der Waals surface area contributed by atoms with Crippen molar-refractivity contribution in [3.63, 3.8) is 0 Å². The average Bonchev–Trinajstić information content (AvgIpc) is 3.56. The van der Waals surface area contributed by atoms with E-state index in [1.165, 1.54) is 5.56 Å². The highest BCUT2D eigenvalue weighted by Gasteiger charge is 2.39. The summed E-state index contributed by atoms with van der Waals surface area (Å²) in [5, 5.41) is 3.38. The van der Waals surface area contributed by atoms with Gasteiger partial charge in [0.25, 0.3) is 5.91 Å². The number of nitrogens with zero attached hydrogens (tertiary/aromatic N) is 5. The molecule has 3 fully saturated rings. The molecule has 2 aromatic carbocycles. The number of piperidine rings is 1. The number of rotatable bonds is 6. The third kappa shape index (κ3) is 5.22. The van der Waals surface area contributed by atoms with E-state index in [1.54, 1.807) is 11.0 Å². The summed E-state index contributed by atoms with van der Waals surface area (Å²) in [7, 11) is 0. The first kappa shape index (κ1) is 25.8. The van der Waals surface area contributed by atoms with Gasteiger partial charge in [0.1, 0.15) is 17.9 Å². The van der Waals surface area contributed by atoms with Gasteiger partial charge >= 0.3 is 0 Å². The lowest BCUT2D eigenvalue weighted by Gasteiger charge is -2.29. The number of nitrogens with one attached hydrogen (secondary N) is 1. The number of likely N-dealkylation sites (tertiary alicyclic amines) is 1. The fourth-order valence-corrected chi connectivity index (χ4v) is 6.20. The minimum atomic E-state index is -0.617. The maximum Gasteiger partial charge on any atom is 0.255 e. The van der Waals surface area contributed by atoms with Crippen molar-refractivity contribution in [3.05, 3.63) is 59.3 Å². The van der Waals surface area contributed by atoms with Crippen molar-refractivity contribution in [1.29, 1.82) is 0 Å². The van der Waals surface area contributed by atoms with Gasteiger partial charge in [-0.15, -0.1) is 0 Å². The maximum atomic E-state index is 13.0. The van der Waals surface area contributed by atoms with Crippen LogP contribution >= 0.6 is 0 Å². The number of hydrogen-bond acceptors (Lipinski definition) is 9. The zero-order chi connectivity index (χ0) is 27.9. The zero-order valence-electron chi connectivity index (χ0n) is 22.8. The molecule has 1 aromatic heterocycles. The number of carbonyl (C=O) groups is 3. The number of benzene rings is 2. The van der Waals surface area contributed by atoms with E-state index in [9.17, 15) is 14.4 Å². The normalized spacial score (nSPS) is 23.3. The van der Waals surface area contributed by atoms with Crippen LogP contribution in [0.4, 0.5) is 5.95 Å². The number of fused-ring (bicyclic) bond motifs is 2. The van der Waals surface area contributed by atoms with Gasteiger partial charge in [0.05, 0.1) is 18.7 Å². The number of hydrogen-bond donors (Lipinski definition) is 1. The lowest BCUT2D eigenvalue weighted by atomic mass is 10.0. The largest absolute Gasteiger partial charge is 0.489 e. The third-order valence-corrected chi connectivity index (χ3v) is 8.36. The smallest absolute Gasteiger partial charge is 0.255 e. The van der Waals surface area contributed by atoms with Crippen LogP contribution in [0, 0.1) is 0 Å². The van der Waals surface area contributed by atoms with Gasteiger partial charge in [-0.25, -0.2) is 9.97 Å². The molecule has 2 atom stereocenters. The number of aromatic nitrogens is 2. The van der Waals surface area contributed by atoms with Gasteiger partial charge in [-0.3, -0.25) is 24.6 Å². The third-order valence-electron chi connectivity index (χ3n) is 8.36. The summed E-state index contributed by atoms with van der Waals surface area (Å²) in [5.41, 5.74) is 3.60. The van der Waals surface area contributed by atoms with Crippen molar-refractivity contribution in [2.24, 2.45) is 0 Å². The second kappa shape index (κ2) is 10.7. The molecular formula is C30H32N6O5. The maximum absolute atomic E-state index is 13.0. The number of morpholine rings is 1. The molecule has 4 aliphatic rings. The van der Waals surface area contributed by atoms with E-state index in [0.29, 0.717) is 31.7 Å². The fourth-order valence-electron chi connectivity index (χ4n) is 6.20. The van der Waals surface area contributed by atoms with Crippen LogP contribution in [0.5, 0.6) is 5.75 Å². The number of amides is 3. The molecule has 0 radical (unpaired) electrons. The molecule has 11 nitrogen and oxygen atoms in total. The molecule has 4 aliphatic heterocycles. The standard InChI is InChI=1S/C30H32N6O5/c37-27-6-5-26(28(38)33-27)36-17-21-14-22(2-3-24(21)29(36)39)41-23-7-8-34(18-23)16-19-1-4-25-20(13-19)15-31-30(32-25)35-9-11-40-12-10-35/h1-4,13-15,23,26H,5-12,16-18H2,(H,33,37,38)/t23-,26-/m0/s1. The van der Waals surface area contributed by atoms with Gasteiger partial charge in [-0.05, 0) is 54.3 Å². The van der Waals surface area contributed by atoms with E-state index in [2.05, 4.69) is 38.3 Å². The van der Waals surface area contributed by atoms with E-state index in [0.717, 1.165) is 67.3 Å². The van der Waals surface area contributed by atoms with Crippen LogP contribution in [0.1, 0.15) is 40.7 Å². The molecule has 41 heavy (non-hydrogen) atoms. The van der Waals surface area contributed by atoms with Crippen LogP contribution in [-0.2, 0) is 27.4 Å². The van der Waals surface area contributed by atoms with Crippen molar-refractivity contribution in [1.82, 2.24) is 25.1 Å². The molecule has 0 spiro atoms. The Morgan fingerprint density at radius 2 is 1.90 bits per heavy atom. The van der Waals surface area contributed by atoms with Gasteiger partial charge in [-0.2, -0.15) is 0 Å². The Labute approximate surface area is 237 Å². The van der Waals surface area contributed by atoms with E-state index < -0.39 is 11.9 Å². The molecule has 1 N–H and O–H groups in total. The minimum Gasteiger partial charge on any atom is -0.489 e. The summed E-state index contributed by atoms with van der Waals surface area (Å²) in [5.74, 6) is 0.623. The van der Waals surface area contributed by atoms with Crippen LogP contribution in [0.15, 0.2) is 42.6 Å². The quantitative estimate of drug-likeness (QED) is 0.454. The monoisotopic (exact) mass is 556 g/mol. The number of ether oxygens (including phenoxy) is 2. The van der Waals surface area contributed by atoms with E-state index in [-0.39, 0.29) is 24.3 Å². The zero-order valence-corrected chi connectivity index (χ0v) is 22.8. The second-order valence-electron chi connectivity index (χ2n) is 11.1. The number of carbonyl (C=O) groups excluding carboxylic acids is 3. The molecule has 0 saturated carbocycles. The Morgan fingerprint density at radius 3 is 2.76 bits per heavy atom. The predicted molar refractivity (Wildman–Crippen MR) is 149 cm³/mol. The predicted octanol–water partition coefficient (Wildman–Crippen LogP) is 1.88. The molecule has 212 valence electrons. The number of imide groups is 1. The van der Waals surface area contributed by atoms with Crippen molar-refractivity contribution in [2.75, 3.05) is 44.3 Å². The van der Waals surface area contributed by atoms with Crippen LogP contribution in [0.25, 0.3) is 10.9 Å². The molecule has 3 amide bonds. The van der Waals surface area contributed by atoms with Crippen LogP contribution in [0.2, 0.25) is 0 Å². The first-order valence-corrected chi connectivity index (χ1v) is 14.3. The van der Waals surface area contributed by atoms with Gasteiger partial charge in [0.15, 0.2) is 0 Å².